The molecule has 0 spiro atoms. The predicted molar refractivity (Wildman–Crippen MR) is 95.9 cm³/mol. The van der Waals surface area contributed by atoms with Crippen LogP contribution in [0.15, 0.2) is 42.6 Å². The molecule has 1 saturated heterocycles. The lowest BCUT2D eigenvalue weighted by Gasteiger charge is -2.32. The number of pyridine rings is 1. The van der Waals surface area contributed by atoms with Gasteiger partial charge < -0.3 is 9.64 Å². The summed E-state index contributed by atoms with van der Waals surface area (Å²) in [5.41, 5.74) is 0.985. The van der Waals surface area contributed by atoms with E-state index in [1.54, 1.807) is 31.2 Å². The average molecular weight is 356 g/mol. The number of piperidine rings is 1. The number of aromatic nitrogens is 1. The van der Waals surface area contributed by atoms with Gasteiger partial charge in [-0.15, -0.1) is 0 Å². The van der Waals surface area contributed by atoms with Gasteiger partial charge in [-0.3, -0.25) is 4.79 Å². The first-order valence-corrected chi connectivity index (χ1v) is 8.76. The zero-order valence-electron chi connectivity index (χ0n) is 14.7. The summed E-state index contributed by atoms with van der Waals surface area (Å²) in [6.07, 6.45) is 2.96. The van der Waals surface area contributed by atoms with Crippen molar-refractivity contribution >= 4 is 17.6 Å². The first-order chi connectivity index (χ1) is 12.6. The SMILES string of the molecule is CCOC(=O)c1ccc(N2CCC(C(=O)c3ccc(F)cc3)CC2)nc1. The molecule has 2 aromatic rings. The number of Topliss-reactive ketones (excluding diaryl/α,β-unsaturated/α-hetero) is 1. The average Bonchev–Trinajstić information content (AvgIpc) is 2.68. The third kappa shape index (κ3) is 4.07. The molecule has 0 N–H and O–H groups in total. The second-order valence-corrected chi connectivity index (χ2v) is 6.26. The van der Waals surface area contributed by atoms with E-state index < -0.39 is 0 Å². The topological polar surface area (TPSA) is 59.5 Å². The first kappa shape index (κ1) is 18.0. The number of hydrogen-bond acceptors (Lipinski definition) is 5. The standard InChI is InChI=1S/C20H21FN2O3/c1-2-26-20(25)16-5-8-18(22-13-16)23-11-9-15(10-12-23)19(24)14-3-6-17(21)7-4-14/h3-8,13,15H,2,9-12H2,1H3. The summed E-state index contributed by atoms with van der Waals surface area (Å²) in [4.78, 5) is 30.6. The van der Waals surface area contributed by atoms with Crippen molar-refractivity contribution in [2.24, 2.45) is 5.92 Å². The molecule has 1 fully saturated rings. The minimum Gasteiger partial charge on any atom is -0.462 e. The van der Waals surface area contributed by atoms with Crippen LogP contribution in [0.3, 0.4) is 0 Å². The first-order valence-electron chi connectivity index (χ1n) is 8.76. The van der Waals surface area contributed by atoms with E-state index >= 15 is 0 Å². The molecule has 5 nitrogen and oxygen atoms in total. The van der Waals surface area contributed by atoms with Crippen molar-refractivity contribution in [2.75, 3.05) is 24.6 Å². The number of esters is 1. The van der Waals surface area contributed by atoms with Gasteiger partial charge in [0.25, 0.3) is 0 Å². The fraction of sp³-hybridized carbons (Fsp3) is 0.350. The second-order valence-electron chi connectivity index (χ2n) is 6.26. The van der Waals surface area contributed by atoms with E-state index in [-0.39, 0.29) is 23.5 Å². The highest BCUT2D eigenvalue weighted by atomic mass is 19.1. The van der Waals surface area contributed by atoms with E-state index in [2.05, 4.69) is 9.88 Å². The van der Waals surface area contributed by atoms with Crippen LogP contribution in [0.5, 0.6) is 0 Å². The van der Waals surface area contributed by atoms with Gasteiger partial charge >= 0.3 is 5.97 Å². The van der Waals surface area contributed by atoms with Crippen molar-refractivity contribution in [3.8, 4) is 0 Å². The molecule has 6 heteroatoms. The molecule has 26 heavy (non-hydrogen) atoms. The molecular weight excluding hydrogens is 335 g/mol. The number of ketones is 1. The van der Waals surface area contributed by atoms with Crippen molar-refractivity contribution in [1.29, 1.82) is 0 Å². The Hall–Kier alpha value is -2.76. The molecule has 1 aromatic heterocycles. The number of anilines is 1. The van der Waals surface area contributed by atoms with E-state index in [1.807, 2.05) is 0 Å². The Balaban J connectivity index is 1.59. The molecule has 0 atom stereocenters. The van der Waals surface area contributed by atoms with Crippen LogP contribution in [0.25, 0.3) is 0 Å². The molecule has 1 aliphatic heterocycles. The third-order valence-electron chi connectivity index (χ3n) is 4.58. The normalized spacial score (nSPS) is 14.9. The fourth-order valence-electron chi connectivity index (χ4n) is 3.13. The number of ether oxygens (including phenoxy) is 1. The Morgan fingerprint density at radius 1 is 1.12 bits per heavy atom. The maximum absolute atomic E-state index is 13.0. The van der Waals surface area contributed by atoms with Crippen LogP contribution in [0.2, 0.25) is 0 Å². The van der Waals surface area contributed by atoms with Gasteiger partial charge in [-0.1, -0.05) is 0 Å². The predicted octanol–water partition coefficient (Wildman–Crippen LogP) is 3.50. The number of carbonyl (C=O) groups excluding carboxylic acids is 2. The van der Waals surface area contributed by atoms with Crippen molar-refractivity contribution in [3.63, 3.8) is 0 Å². The van der Waals surface area contributed by atoms with Crippen LogP contribution < -0.4 is 4.90 Å². The highest BCUT2D eigenvalue weighted by Gasteiger charge is 2.26. The van der Waals surface area contributed by atoms with Gasteiger partial charge in [-0.25, -0.2) is 14.2 Å². The largest absolute Gasteiger partial charge is 0.462 e. The van der Waals surface area contributed by atoms with Crippen molar-refractivity contribution in [2.45, 2.75) is 19.8 Å². The molecule has 3 rings (SSSR count). The zero-order valence-corrected chi connectivity index (χ0v) is 14.7. The molecule has 2 heterocycles. The van der Waals surface area contributed by atoms with Crippen molar-refractivity contribution < 1.29 is 18.7 Å². The molecule has 136 valence electrons. The van der Waals surface area contributed by atoms with E-state index in [0.717, 1.165) is 18.7 Å². The number of nitrogens with zero attached hydrogens (tertiary/aromatic N) is 2. The van der Waals surface area contributed by atoms with Crippen LogP contribution >= 0.6 is 0 Å². The molecule has 0 saturated carbocycles. The molecule has 0 radical (unpaired) electrons. The molecule has 0 bridgehead atoms. The molecule has 1 aromatic carbocycles. The number of halogens is 1. The number of carbonyl (C=O) groups is 2. The van der Waals surface area contributed by atoms with Crippen LogP contribution in [0.4, 0.5) is 10.2 Å². The quantitative estimate of drug-likeness (QED) is 0.606. The summed E-state index contributed by atoms with van der Waals surface area (Å²) in [6, 6.07) is 9.22. The molecule has 0 unspecified atom stereocenters. The van der Waals surface area contributed by atoms with E-state index in [1.165, 1.54) is 18.3 Å². The summed E-state index contributed by atoms with van der Waals surface area (Å²) in [7, 11) is 0. The molecule has 0 aliphatic carbocycles. The van der Waals surface area contributed by atoms with Gasteiger partial charge in [0.15, 0.2) is 5.78 Å². The highest BCUT2D eigenvalue weighted by molar-refractivity contribution is 5.98. The minimum absolute atomic E-state index is 0.0597. The smallest absolute Gasteiger partial charge is 0.339 e. The van der Waals surface area contributed by atoms with Crippen molar-refractivity contribution in [3.05, 3.63) is 59.5 Å². The highest BCUT2D eigenvalue weighted by Crippen LogP contribution is 2.25. The Kier molecular flexibility index (Phi) is 5.61. The number of hydrogen-bond donors (Lipinski definition) is 0. The summed E-state index contributed by atoms with van der Waals surface area (Å²) in [6.45, 7) is 3.51. The van der Waals surface area contributed by atoms with Crippen molar-refractivity contribution in [1.82, 2.24) is 4.98 Å². The molecule has 1 aliphatic rings. The van der Waals surface area contributed by atoms with Crippen LogP contribution in [-0.2, 0) is 4.74 Å². The lowest BCUT2D eigenvalue weighted by Crippen LogP contribution is -2.36. The van der Waals surface area contributed by atoms with Gasteiger partial charge in [0.2, 0.25) is 0 Å². The Morgan fingerprint density at radius 3 is 2.35 bits per heavy atom. The van der Waals surface area contributed by atoms with Crippen LogP contribution in [0.1, 0.15) is 40.5 Å². The summed E-state index contributed by atoms with van der Waals surface area (Å²) in [5, 5.41) is 0. The minimum atomic E-state index is -0.379. The monoisotopic (exact) mass is 356 g/mol. The van der Waals surface area contributed by atoms with E-state index in [4.69, 9.17) is 4.74 Å². The maximum Gasteiger partial charge on any atom is 0.339 e. The number of benzene rings is 1. The van der Waals surface area contributed by atoms with E-state index in [0.29, 0.717) is 30.8 Å². The fourth-order valence-corrected chi connectivity index (χ4v) is 3.13. The second kappa shape index (κ2) is 8.08. The van der Waals surface area contributed by atoms with Crippen LogP contribution in [-0.4, -0.2) is 36.4 Å². The van der Waals surface area contributed by atoms with Gasteiger partial charge in [-0.2, -0.15) is 0 Å². The zero-order chi connectivity index (χ0) is 18.5. The summed E-state index contributed by atoms with van der Waals surface area (Å²) in [5.74, 6) is 0.0698. The van der Waals surface area contributed by atoms with Gasteiger partial charge in [0.05, 0.1) is 12.2 Å². The Labute approximate surface area is 151 Å². The lowest BCUT2D eigenvalue weighted by atomic mass is 9.89. The summed E-state index contributed by atoms with van der Waals surface area (Å²) >= 11 is 0. The lowest BCUT2D eigenvalue weighted by molar-refractivity contribution is 0.0525. The summed E-state index contributed by atoms with van der Waals surface area (Å²) < 4.78 is 17.9. The molecule has 0 amide bonds. The Morgan fingerprint density at radius 2 is 1.77 bits per heavy atom. The molecular formula is C20H21FN2O3. The number of rotatable bonds is 5. The Bertz CT molecular complexity index is 767. The van der Waals surface area contributed by atoms with Gasteiger partial charge in [0.1, 0.15) is 11.6 Å². The third-order valence-corrected chi connectivity index (χ3v) is 4.58. The van der Waals surface area contributed by atoms with Crippen LogP contribution in [0, 0.1) is 11.7 Å². The maximum atomic E-state index is 13.0. The van der Waals surface area contributed by atoms with Gasteiger partial charge in [0, 0.05) is 30.8 Å². The van der Waals surface area contributed by atoms with E-state index in [9.17, 15) is 14.0 Å². The van der Waals surface area contributed by atoms with Gasteiger partial charge in [-0.05, 0) is 56.2 Å².